The van der Waals surface area contributed by atoms with Crippen molar-refractivity contribution in [3.05, 3.63) is 45.9 Å². The fourth-order valence-corrected chi connectivity index (χ4v) is 2.97. The highest BCUT2D eigenvalue weighted by Gasteiger charge is 2.16. The zero-order valence-electron chi connectivity index (χ0n) is 10.9. The van der Waals surface area contributed by atoms with Crippen LogP contribution in [0.1, 0.15) is 41.8 Å². The molecule has 0 spiro atoms. The molecule has 0 aliphatic carbocycles. The van der Waals surface area contributed by atoms with E-state index in [9.17, 15) is 0 Å². The number of rotatable bonds is 6. The number of aromatic nitrogens is 2. The molecule has 0 saturated carbocycles. The topological polar surface area (TPSA) is 37.8 Å². The van der Waals surface area contributed by atoms with Crippen molar-refractivity contribution in [2.45, 2.75) is 32.7 Å². The van der Waals surface area contributed by atoms with Crippen LogP contribution in [0.5, 0.6) is 0 Å². The molecule has 1 unspecified atom stereocenters. The van der Waals surface area contributed by atoms with Gasteiger partial charge in [0.1, 0.15) is 10.0 Å². The van der Waals surface area contributed by atoms with E-state index < -0.39 is 0 Å². The first-order valence-electron chi connectivity index (χ1n) is 6.43. The van der Waals surface area contributed by atoms with E-state index >= 15 is 0 Å². The number of nitrogens with one attached hydrogen (secondary N) is 1. The minimum absolute atomic E-state index is 0.374. The summed E-state index contributed by atoms with van der Waals surface area (Å²) in [5.41, 5.74) is 1.33. The molecule has 1 N–H and O–H groups in total. The zero-order valence-corrected chi connectivity index (χ0v) is 11.7. The maximum absolute atomic E-state index is 4.35. The highest BCUT2D eigenvalue weighted by molar-refractivity contribution is 7.11. The van der Waals surface area contributed by atoms with Crippen LogP contribution in [0.25, 0.3) is 0 Å². The van der Waals surface area contributed by atoms with E-state index in [1.165, 1.54) is 5.56 Å². The molecule has 1 atom stereocenters. The average molecular weight is 261 g/mol. The molecule has 0 fully saturated rings. The van der Waals surface area contributed by atoms with Gasteiger partial charge in [-0.25, -0.2) is 0 Å². The third kappa shape index (κ3) is 3.15. The number of nitrogens with zero attached hydrogens (tertiary/aromatic N) is 2. The first-order chi connectivity index (χ1) is 8.85. The summed E-state index contributed by atoms with van der Waals surface area (Å²) in [4.78, 5) is 0. The van der Waals surface area contributed by atoms with E-state index in [0.717, 1.165) is 29.5 Å². The Morgan fingerprint density at radius 2 is 1.94 bits per heavy atom. The number of hydrogen-bond acceptors (Lipinski definition) is 4. The molecule has 0 aliphatic rings. The van der Waals surface area contributed by atoms with Crippen molar-refractivity contribution in [1.82, 2.24) is 15.5 Å². The Balaban J connectivity index is 2.15. The van der Waals surface area contributed by atoms with Crippen LogP contribution in [0.4, 0.5) is 0 Å². The molecular formula is C14H19N3S. The molecule has 3 nitrogen and oxygen atoms in total. The summed E-state index contributed by atoms with van der Waals surface area (Å²) in [6.07, 6.45) is 1.06. The highest BCUT2D eigenvalue weighted by atomic mass is 32.1. The van der Waals surface area contributed by atoms with Gasteiger partial charge in [-0.3, -0.25) is 0 Å². The van der Waals surface area contributed by atoms with E-state index in [1.54, 1.807) is 11.3 Å². The molecule has 1 aromatic carbocycles. The van der Waals surface area contributed by atoms with Crippen molar-refractivity contribution < 1.29 is 0 Å². The predicted molar refractivity (Wildman–Crippen MR) is 75.9 cm³/mol. The van der Waals surface area contributed by atoms with Crippen LogP contribution >= 0.6 is 11.3 Å². The Hall–Kier alpha value is -1.26. The van der Waals surface area contributed by atoms with E-state index in [-0.39, 0.29) is 0 Å². The van der Waals surface area contributed by atoms with E-state index in [0.29, 0.717) is 5.92 Å². The van der Waals surface area contributed by atoms with Crippen molar-refractivity contribution in [3.63, 3.8) is 0 Å². The molecule has 1 heterocycles. The lowest BCUT2D eigenvalue weighted by molar-refractivity contribution is 0.709. The van der Waals surface area contributed by atoms with Crippen LogP contribution in [0.2, 0.25) is 0 Å². The second-order valence-corrected chi connectivity index (χ2v) is 5.28. The van der Waals surface area contributed by atoms with Crippen molar-refractivity contribution in [1.29, 1.82) is 0 Å². The van der Waals surface area contributed by atoms with Gasteiger partial charge in [-0.05, 0) is 18.5 Å². The summed E-state index contributed by atoms with van der Waals surface area (Å²) in [5.74, 6) is 0.374. The first kappa shape index (κ1) is 13.2. The lowest BCUT2D eigenvalue weighted by atomic mass is 9.97. The molecule has 0 saturated heterocycles. The zero-order chi connectivity index (χ0) is 12.8. The van der Waals surface area contributed by atoms with Crippen LogP contribution in [-0.4, -0.2) is 16.7 Å². The second kappa shape index (κ2) is 6.61. The lowest BCUT2D eigenvalue weighted by Crippen LogP contribution is -2.11. The molecule has 0 amide bonds. The van der Waals surface area contributed by atoms with Crippen LogP contribution in [0, 0.1) is 0 Å². The van der Waals surface area contributed by atoms with Crippen molar-refractivity contribution in [3.8, 4) is 0 Å². The summed E-state index contributed by atoms with van der Waals surface area (Å²) in [6, 6.07) is 10.5. The molecule has 4 heteroatoms. The van der Waals surface area contributed by atoms with Crippen molar-refractivity contribution in [2.24, 2.45) is 0 Å². The molecule has 96 valence electrons. The van der Waals surface area contributed by atoms with Crippen LogP contribution in [0.15, 0.2) is 30.3 Å². The smallest absolute Gasteiger partial charge is 0.131 e. The Morgan fingerprint density at radius 1 is 1.17 bits per heavy atom. The van der Waals surface area contributed by atoms with E-state index in [2.05, 4.69) is 53.6 Å². The minimum atomic E-state index is 0.374. The first-order valence-corrected chi connectivity index (χ1v) is 7.24. The minimum Gasteiger partial charge on any atom is -0.311 e. The second-order valence-electron chi connectivity index (χ2n) is 4.19. The average Bonchev–Trinajstić information content (AvgIpc) is 2.87. The van der Waals surface area contributed by atoms with Gasteiger partial charge in [-0.2, -0.15) is 0 Å². The molecule has 2 aromatic rings. The Labute approximate surface area is 112 Å². The summed E-state index contributed by atoms with van der Waals surface area (Å²) < 4.78 is 0. The van der Waals surface area contributed by atoms with Crippen molar-refractivity contribution >= 4 is 11.3 Å². The van der Waals surface area contributed by atoms with Gasteiger partial charge in [0, 0.05) is 12.5 Å². The Morgan fingerprint density at radius 3 is 2.61 bits per heavy atom. The number of hydrogen-bond donors (Lipinski definition) is 1. The molecule has 18 heavy (non-hydrogen) atoms. The van der Waals surface area contributed by atoms with Gasteiger partial charge in [-0.1, -0.05) is 55.5 Å². The fourth-order valence-electron chi connectivity index (χ4n) is 1.95. The van der Waals surface area contributed by atoms with Gasteiger partial charge < -0.3 is 5.32 Å². The van der Waals surface area contributed by atoms with E-state index in [1.807, 2.05) is 6.07 Å². The van der Waals surface area contributed by atoms with Gasteiger partial charge in [0.05, 0.1) is 0 Å². The standard InChI is InChI=1S/C14H19N3S/c1-3-12(11-8-6-5-7-9-11)14-17-16-13(18-14)10-15-4-2/h5-9,12,15H,3-4,10H2,1-2H3. The molecule has 0 radical (unpaired) electrons. The highest BCUT2D eigenvalue weighted by Crippen LogP contribution is 2.29. The molecule has 0 bridgehead atoms. The third-order valence-corrected chi connectivity index (χ3v) is 3.95. The maximum atomic E-state index is 4.35. The van der Waals surface area contributed by atoms with Gasteiger partial charge in [-0.15, -0.1) is 10.2 Å². The normalized spacial score (nSPS) is 12.6. The van der Waals surface area contributed by atoms with Crippen LogP contribution < -0.4 is 5.32 Å². The molecule has 0 aliphatic heterocycles. The third-order valence-electron chi connectivity index (χ3n) is 2.92. The molecule has 1 aromatic heterocycles. The Kier molecular flexibility index (Phi) is 4.84. The van der Waals surface area contributed by atoms with Gasteiger partial charge in [0.2, 0.25) is 0 Å². The van der Waals surface area contributed by atoms with Crippen molar-refractivity contribution in [2.75, 3.05) is 6.54 Å². The monoisotopic (exact) mass is 261 g/mol. The SMILES string of the molecule is CCNCc1nnc(C(CC)c2ccccc2)s1. The van der Waals surface area contributed by atoms with E-state index in [4.69, 9.17) is 0 Å². The predicted octanol–water partition coefficient (Wildman–Crippen LogP) is 3.19. The number of benzene rings is 1. The van der Waals surface area contributed by atoms with Crippen LogP contribution in [0.3, 0.4) is 0 Å². The van der Waals surface area contributed by atoms with Gasteiger partial charge in [0.25, 0.3) is 0 Å². The summed E-state index contributed by atoms with van der Waals surface area (Å²) >= 11 is 1.72. The fraction of sp³-hybridized carbons (Fsp3) is 0.429. The summed E-state index contributed by atoms with van der Waals surface area (Å²) in [7, 11) is 0. The van der Waals surface area contributed by atoms with Gasteiger partial charge >= 0.3 is 0 Å². The Bertz CT molecular complexity index is 467. The molecule has 2 rings (SSSR count). The van der Waals surface area contributed by atoms with Crippen LogP contribution in [-0.2, 0) is 6.54 Å². The molecular weight excluding hydrogens is 242 g/mol. The maximum Gasteiger partial charge on any atom is 0.131 e. The summed E-state index contributed by atoms with van der Waals surface area (Å²) in [6.45, 7) is 6.08. The largest absolute Gasteiger partial charge is 0.311 e. The quantitative estimate of drug-likeness (QED) is 0.868. The van der Waals surface area contributed by atoms with Gasteiger partial charge in [0.15, 0.2) is 0 Å². The summed E-state index contributed by atoms with van der Waals surface area (Å²) in [5, 5.41) is 14.1. The lowest BCUT2D eigenvalue weighted by Gasteiger charge is -2.11.